The number of hydrogen-bond acceptors (Lipinski definition) is 5. The van der Waals surface area contributed by atoms with Crippen molar-refractivity contribution in [3.63, 3.8) is 0 Å². The summed E-state index contributed by atoms with van der Waals surface area (Å²) in [6, 6.07) is 4.33. The zero-order chi connectivity index (χ0) is 25.0. The van der Waals surface area contributed by atoms with Crippen molar-refractivity contribution < 1.29 is 23.1 Å². The monoisotopic (exact) mass is 490 g/mol. The highest BCUT2D eigenvalue weighted by atomic mass is 32.2. The van der Waals surface area contributed by atoms with Crippen LogP contribution in [0.15, 0.2) is 23.1 Å². The topological polar surface area (TPSA) is 87.2 Å². The number of sulfonamides is 1. The van der Waals surface area contributed by atoms with E-state index in [0.29, 0.717) is 30.4 Å². The Bertz CT molecular complexity index is 1040. The van der Waals surface area contributed by atoms with Crippen molar-refractivity contribution >= 4 is 15.9 Å². The van der Waals surface area contributed by atoms with Gasteiger partial charge in [-0.15, -0.1) is 0 Å². The lowest BCUT2D eigenvalue weighted by atomic mass is 10.0. The minimum atomic E-state index is -3.89. The summed E-state index contributed by atoms with van der Waals surface area (Å²) in [6.45, 7) is 8.06. The third kappa shape index (κ3) is 6.53. The Morgan fingerprint density at radius 2 is 2.00 bits per heavy atom. The lowest BCUT2D eigenvalue weighted by Crippen LogP contribution is -2.50. The Labute approximate surface area is 204 Å². The van der Waals surface area contributed by atoms with Crippen LogP contribution in [0.25, 0.3) is 0 Å². The van der Waals surface area contributed by atoms with Crippen molar-refractivity contribution in [1.82, 2.24) is 9.21 Å². The minimum absolute atomic E-state index is 0.0612. The molecule has 3 atom stereocenters. The van der Waals surface area contributed by atoms with Gasteiger partial charge in [0, 0.05) is 44.0 Å². The normalized spacial score (nSPS) is 23.0. The van der Waals surface area contributed by atoms with Gasteiger partial charge >= 0.3 is 0 Å². The van der Waals surface area contributed by atoms with Crippen LogP contribution in [-0.2, 0) is 14.8 Å². The summed E-state index contributed by atoms with van der Waals surface area (Å²) in [5, 5.41) is 9.77. The van der Waals surface area contributed by atoms with E-state index in [1.807, 2.05) is 6.92 Å². The summed E-state index contributed by atoms with van der Waals surface area (Å²) in [6.07, 6.45) is 3.10. The third-order valence-corrected chi connectivity index (χ3v) is 8.47. The van der Waals surface area contributed by atoms with Gasteiger partial charge in [0.2, 0.25) is 15.9 Å². The molecule has 1 aromatic carbocycles. The number of hydrogen-bond donors (Lipinski definition) is 1. The van der Waals surface area contributed by atoms with Crippen LogP contribution in [0.2, 0.25) is 0 Å². The summed E-state index contributed by atoms with van der Waals surface area (Å²) >= 11 is 0. The van der Waals surface area contributed by atoms with Gasteiger partial charge in [0.05, 0.1) is 13.2 Å². The Hall–Kier alpha value is -2.08. The Balaban J connectivity index is 1.97. The second-order valence-electron chi connectivity index (χ2n) is 10.2. The van der Waals surface area contributed by atoms with Crippen LogP contribution in [0.5, 0.6) is 5.75 Å². The number of carbonyl (C=O) groups excluding carboxylic acids is 1. The smallest absolute Gasteiger partial charge is 0.247 e. The van der Waals surface area contributed by atoms with Crippen LogP contribution in [-0.4, -0.2) is 67.5 Å². The number of likely N-dealkylation sites (N-methyl/N-ethyl adjacent to an activating group) is 1. The first-order valence-electron chi connectivity index (χ1n) is 12.2. The SMILES string of the molecule is CC(C)CC#Cc1ccc2c(c1)O[C@H](CN(C)C(=O)CC1CC1)[C@H](C)CN([C@H](C)CO)S2(=O)=O. The number of carbonyl (C=O) groups is 1. The standard InChI is InChI=1S/C26H38N2O5S/c1-18(2)7-6-8-21-11-12-25-23(13-21)33-24(16-27(5)26(30)14-22-9-10-22)19(3)15-28(20(4)17-29)34(25,31)32/h11-13,18-20,22,24,29H,7,9-10,14-17H2,1-5H3/t19-,20-,24-/m1/s1. The molecule has 7 nitrogen and oxygen atoms in total. The van der Waals surface area contributed by atoms with Gasteiger partial charge in [-0.25, -0.2) is 8.42 Å². The first-order chi connectivity index (χ1) is 16.0. The molecule has 8 heteroatoms. The average Bonchev–Trinajstić information content (AvgIpc) is 3.59. The zero-order valence-corrected chi connectivity index (χ0v) is 21.8. The molecular formula is C26H38N2O5S. The number of amides is 1. The highest BCUT2D eigenvalue weighted by Gasteiger charge is 2.38. The predicted molar refractivity (Wildman–Crippen MR) is 132 cm³/mol. The zero-order valence-electron chi connectivity index (χ0n) is 21.0. The Morgan fingerprint density at radius 3 is 2.62 bits per heavy atom. The maximum absolute atomic E-state index is 13.5. The van der Waals surface area contributed by atoms with Crippen molar-refractivity contribution in [2.45, 2.75) is 70.4 Å². The molecule has 0 bridgehead atoms. The number of aliphatic hydroxyl groups excluding tert-OH is 1. The van der Waals surface area contributed by atoms with Gasteiger partial charge in [0.25, 0.3) is 0 Å². The second-order valence-corrected chi connectivity index (χ2v) is 12.1. The molecular weight excluding hydrogens is 452 g/mol. The van der Waals surface area contributed by atoms with Crippen molar-refractivity contribution in [2.24, 2.45) is 17.8 Å². The molecule has 0 aromatic heterocycles. The summed E-state index contributed by atoms with van der Waals surface area (Å²) in [7, 11) is -2.12. The maximum Gasteiger partial charge on any atom is 0.247 e. The van der Waals surface area contributed by atoms with E-state index >= 15 is 0 Å². The number of nitrogens with zero attached hydrogens (tertiary/aromatic N) is 2. The number of benzene rings is 1. The van der Waals surface area contributed by atoms with Gasteiger partial charge in [-0.3, -0.25) is 4.79 Å². The lowest BCUT2D eigenvalue weighted by Gasteiger charge is -2.37. The summed E-state index contributed by atoms with van der Waals surface area (Å²) in [5.74, 6) is 7.29. The molecule has 0 spiro atoms. The van der Waals surface area contributed by atoms with E-state index in [2.05, 4.69) is 25.7 Å². The third-order valence-electron chi connectivity index (χ3n) is 6.45. The number of aliphatic hydroxyl groups is 1. The van der Waals surface area contributed by atoms with Crippen molar-refractivity contribution in [3.8, 4) is 17.6 Å². The summed E-state index contributed by atoms with van der Waals surface area (Å²) in [4.78, 5) is 14.4. The van der Waals surface area contributed by atoms with Crippen molar-refractivity contribution in [1.29, 1.82) is 0 Å². The minimum Gasteiger partial charge on any atom is -0.487 e. The summed E-state index contributed by atoms with van der Waals surface area (Å²) < 4.78 is 34.7. The molecule has 3 rings (SSSR count). The highest BCUT2D eigenvalue weighted by molar-refractivity contribution is 7.89. The van der Waals surface area contributed by atoms with Crippen LogP contribution in [0.4, 0.5) is 0 Å². The molecule has 1 aromatic rings. The quantitative estimate of drug-likeness (QED) is 0.594. The van der Waals surface area contributed by atoms with Crippen LogP contribution in [0.1, 0.15) is 58.9 Å². The largest absolute Gasteiger partial charge is 0.487 e. The van der Waals surface area contributed by atoms with Crippen molar-refractivity contribution in [2.75, 3.05) is 26.7 Å². The van der Waals surface area contributed by atoms with Crippen LogP contribution < -0.4 is 4.74 Å². The highest BCUT2D eigenvalue weighted by Crippen LogP contribution is 2.35. The molecule has 188 valence electrons. The van der Waals surface area contributed by atoms with E-state index in [0.717, 1.165) is 19.3 Å². The molecule has 0 radical (unpaired) electrons. The van der Waals surface area contributed by atoms with Crippen LogP contribution >= 0.6 is 0 Å². The lowest BCUT2D eigenvalue weighted by molar-refractivity contribution is -0.131. The fourth-order valence-corrected chi connectivity index (χ4v) is 5.80. The molecule has 1 fully saturated rings. The van der Waals surface area contributed by atoms with E-state index < -0.39 is 22.2 Å². The van der Waals surface area contributed by atoms with E-state index in [4.69, 9.17) is 4.74 Å². The van der Waals surface area contributed by atoms with Gasteiger partial charge in [0.15, 0.2) is 0 Å². The molecule has 0 saturated heterocycles. The van der Waals surface area contributed by atoms with Gasteiger partial charge in [-0.2, -0.15) is 4.31 Å². The van der Waals surface area contributed by atoms with E-state index in [-0.39, 0.29) is 35.6 Å². The van der Waals surface area contributed by atoms with Gasteiger partial charge < -0.3 is 14.7 Å². The Morgan fingerprint density at radius 1 is 1.29 bits per heavy atom. The molecule has 1 aliphatic carbocycles. The van der Waals surface area contributed by atoms with Crippen molar-refractivity contribution in [3.05, 3.63) is 23.8 Å². The molecule has 1 saturated carbocycles. The van der Waals surface area contributed by atoms with Crippen LogP contribution in [0, 0.1) is 29.6 Å². The molecule has 2 aliphatic rings. The number of rotatable bonds is 7. The van der Waals surface area contributed by atoms with Gasteiger partial charge in [0.1, 0.15) is 16.7 Å². The molecule has 1 heterocycles. The Kier molecular flexibility index (Phi) is 8.66. The first-order valence-corrected chi connectivity index (χ1v) is 13.6. The average molecular weight is 491 g/mol. The maximum atomic E-state index is 13.5. The van der Waals surface area contributed by atoms with Gasteiger partial charge in [-0.1, -0.05) is 32.6 Å². The molecule has 0 unspecified atom stereocenters. The van der Waals surface area contributed by atoms with Gasteiger partial charge in [-0.05, 0) is 49.8 Å². The molecule has 34 heavy (non-hydrogen) atoms. The van der Waals surface area contributed by atoms with E-state index in [1.54, 1.807) is 31.0 Å². The first kappa shape index (κ1) is 26.5. The fraction of sp³-hybridized carbons (Fsp3) is 0.654. The summed E-state index contributed by atoms with van der Waals surface area (Å²) in [5.41, 5.74) is 0.682. The molecule has 1 amide bonds. The predicted octanol–water partition coefficient (Wildman–Crippen LogP) is 3.11. The number of fused-ring (bicyclic) bond motifs is 1. The van der Waals surface area contributed by atoms with E-state index in [1.165, 1.54) is 10.4 Å². The van der Waals surface area contributed by atoms with E-state index in [9.17, 15) is 18.3 Å². The fourth-order valence-electron chi connectivity index (χ4n) is 3.97. The second kappa shape index (κ2) is 11.1. The molecule has 1 aliphatic heterocycles. The number of ether oxygens (including phenoxy) is 1. The van der Waals surface area contributed by atoms with Crippen LogP contribution in [0.3, 0.4) is 0 Å². The molecule has 1 N–H and O–H groups in total.